The lowest BCUT2D eigenvalue weighted by Crippen LogP contribution is -2.11. The molecule has 0 amide bonds. The summed E-state index contributed by atoms with van der Waals surface area (Å²) in [5, 5.41) is 0. The summed E-state index contributed by atoms with van der Waals surface area (Å²) in [5.74, 6) is 7.57. The van der Waals surface area contributed by atoms with Crippen molar-refractivity contribution in [1.29, 1.82) is 0 Å². The van der Waals surface area contributed by atoms with E-state index in [4.69, 9.17) is 44.9 Å². The van der Waals surface area contributed by atoms with Gasteiger partial charge < -0.3 is 0 Å². The third-order valence-electron chi connectivity index (χ3n) is 20.2. The Morgan fingerprint density at radius 3 is 0.556 bits per heavy atom. The molecule has 0 atom stereocenters. The van der Waals surface area contributed by atoms with Gasteiger partial charge in [-0.2, -0.15) is 0 Å². The third-order valence-corrected chi connectivity index (χ3v) is 21.7. The van der Waals surface area contributed by atoms with E-state index < -0.39 is 0 Å². The molecule has 10 aromatic carbocycles. The number of rotatable bonds is 15. The summed E-state index contributed by atoms with van der Waals surface area (Å²) in [6, 6.07) is 84.5. The van der Waals surface area contributed by atoms with Gasteiger partial charge in [0, 0.05) is 64.6 Å². The van der Waals surface area contributed by atoms with E-state index in [0.717, 1.165) is 170 Å². The zero-order valence-corrected chi connectivity index (χ0v) is 59.8. The molecule has 0 saturated heterocycles. The van der Waals surface area contributed by atoms with Gasteiger partial charge in [0.05, 0.1) is 0 Å². The molecule has 3 aliphatic carbocycles. The largest absolute Gasteiger partial charge is 0.213 e. The van der Waals surface area contributed by atoms with Crippen molar-refractivity contribution in [2.24, 2.45) is 0 Å². The lowest BCUT2D eigenvalue weighted by molar-refractivity contribution is 0.428. The zero-order valence-electron chi connectivity index (χ0n) is 55.0. The van der Waals surface area contributed by atoms with Gasteiger partial charge in [0.1, 0.15) is 17.5 Å². The van der Waals surface area contributed by atoms with E-state index in [0.29, 0.717) is 34.9 Å². The van der Waals surface area contributed by atoms with E-state index in [1.54, 1.807) is 0 Å². The summed E-state index contributed by atoms with van der Waals surface area (Å²) in [5.41, 5.74) is 18.4. The number of hydrogen-bond donors (Lipinski definition) is 0. The maximum atomic E-state index is 5.36. The van der Waals surface area contributed by atoms with Crippen LogP contribution in [0.3, 0.4) is 0 Å². The molecule has 0 aliphatic heterocycles. The molecule has 486 valence electrons. The molecule has 0 radical (unpaired) electrons. The standard InChI is InChI=1S/C87H72Br3N9/c88-70-49-43-58(44-50-70)76-73(55-31-37-67(38-32-55)85-94-79(61-19-7-1-8-20-61)91-80(95-85)62-21-9-2-10-22-62)77(59-45-51-71(89)52-46-59)75(57-35-41-69(42-36-57)87-98-83(65-27-15-5-16-28-65)93-84(99-87)66-29-17-6-18-30-66)78(60-47-53-72(90)54-48-60)74(76)56-33-39-68(40-34-56)86-96-81(63-23-11-3-12-24-63)92-82(97-86)64-25-13-4-14-26-64/h1,3,5,7-8,11-12,15-16,19-20,23-24,27-28,31-54,62,64,66H,2,4,6,9-10,13-14,17-18,21-22,25-26,29-30H2. The van der Waals surface area contributed by atoms with Crippen molar-refractivity contribution in [2.45, 2.75) is 114 Å². The van der Waals surface area contributed by atoms with Crippen LogP contribution >= 0.6 is 47.8 Å². The van der Waals surface area contributed by atoms with Crippen LogP contribution in [-0.2, 0) is 0 Å². The smallest absolute Gasteiger partial charge is 0.163 e. The Labute approximate surface area is 604 Å². The topological polar surface area (TPSA) is 116 Å². The highest BCUT2D eigenvalue weighted by atomic mass is 79.9. The van der Waals surface area contributed by atoms with Crippen LogP contribution in [-0.4, -0.2) is 44.9 Å². The van der Waals surface area contributed by atoms with Gasteiger partial charge in [-0.1, -0.05) is 306 Å². The van der Waals surface area contributed by atoms with E-state index in [-0.39, 0.29) is 17.8 Å². The number of benzene rings is 10. The summed E-state index contributed by atoms with van der Waals surface area (Å²) < 4.78 is 2.96. The maximum absolute atomic E-state index is 5.36. The van der Waals surface area contributed by atoms with Crippen LogP contribution in [0.4, 0.5) is 0 Å². The monoisotopic (exact) mass is 1480 g/mol. The van der Waals surface area contributed by atoms with Gasteiger partial charge in [0.15, 0.2) is 34.9 Å². The Morgan fingerprint density at radius 2 is 0.354 bits per heavy atom. The molecule has 3 fully saturated rings. The SMILES string of the molecule is Brc1ccc(-c2c(-c3ccc(-c4nc(-c5ccccc5)nc(C5CCCCC5)n4)cc3)c(-c3ccc(Br)cc3)c(-c3ccc(-c4nc(-c5ccccc5)nc(C5CCCCC5)n4)cc3)c(-c3ccc(Br)cc3)c2-c2ccc(-c3nc(-c4ccccc4)nc(C4CCCCC4)n3)cc2)cc1. The molecule has 0 unspecified atom stereocenters. The van der Waals surface area contributed by atoms with Crippen LogP contribution in [0.5, 0.6) is 0 Å². The molecule has 99 heavy (non-hydrogen) atoms. The number of nitrogens with zero attached hydrogens (tertiary/aromatic N) is 9. The van der Waals surface area contributed by atoms with Gasteiger partial charge in [-0.05, 0) is 142 Å². The van der Waals surface area contributed by atoms with Gasteiger partial charge >= 0.3 is 0 Å². The van der Waals surface area contributed by atoms with Gasteiger partial charge in [0.2, 0.25) is 0 Å². The summed E-state index contributed by atoms with van der Waals surface area (Å²) in [6.45, 7) is 0. The van der Waals surface area contributed by atoms with Crippen LogP contribution in [0, 0.1) is 0 Å². The molecule has 13 aromatic rings. The van der Waals surface area contributed by atoms with Crippen LogP contribution < -0.4 is 0 Å². The summed E-state index contributed by atoms with van der Waals surface area (Å²) >= 11 is 11.6. The summed E-state index contributed by atoms with van der Waals surface area (Å²) in [6.07, 6.45) is 17.2. The first-order chi connectivity index (χ1) is 48.8. The normalized spacial score (nSPS) is 14.7. The van der Waals surface area contributed by atoms with Crippen molar-refractivity contribution in [3.8, 4) is 135 Å². The molecule has 12 heteroatoms. The van der Waals surface area contributed by atoms with Gasteiger partial charge in [-0.25, -0.2) is 44.9 Å². The molecule has 16 rings (SSSR count). The van der Waals surface area contributed by atoms with Crippen molar-refractivity contribution < 1.29 is 0 Å². The molecular formula is C87H72Br3N9. The molecule has 3 aliphatic rings. The molecule has 3 heterocycles. The lowest BCUT2D eigenvalue weighted by atomic mass is 9.74. The van der Waals surface area contributed by atoms with E-state index in [2.05, 4.69) is 266 Å². The van der Waals surface area contributed by atoms with Crippen molar-refractivity contribution in [3.05, 3.63) is 267 Å². The van der Waals surface area contributed by atoms with Crippen LogP contribution in [0.15, 0.2) is 250 Å². The van der Waals surface area contributed by atoms with Gasteiger partial charge in [-0.15, -0.1) is 0 Å². The minimum absolute atomic E-state index is 0.277. The van der Waals surface area contributed by atoms with Crippen molar-refractivity contribution in [3.63, 3.8) is 0 Å². The third kappa shape index (κ3) is 13.9. The Bertz CT molecular complexity index is 4460. The van der Waals surface area contributed by atoms with E-state index in [1.165, 1.54) is 57.8 Å². The fourth-order valence-corrected chi connectivity index (χ4v) is 15.8. The Balaban J connectivity index is 0.961. The quantitative estimate of drug-likeness (QED) is 0.0989. The predicted molar refractivity (Wildman–Crippen MR) is 412 cm³/mol. The number of aromatic nitrogens is 9. The van der Waals surface area contributed by atoms with Crippen molar-refractivity contribution >= 4 is 47.8 Å². The first-order valence-electron chi connectivity index (χ1n) is 35.1. The predicted octanol–water partition coefficient (Wildman–Crippen LogP) is 24.7. The Hall–Kier alpha value is -9.33. The average molecular weight is 1480 g/mol. The average Bonchev–Trinajstić information content (AvgIpc) is 0.714. The second-order valence-electron chi connectivity index (χ2n) is 26.6. The minimum Gasteiger partial charge on any atom is -0.213 e. The highest BCUT2D eigenvalue weighted by Gasteiger charge is 2.32. The molecular weight excluding hydrogens is 1410 g/mol. The highest BCUT2D eigenvalue weighted by Crippen LogP contribution is 2.57. The summed E-state index contributed by atoms with van der Waals surface area (Å²) in [4.78, 5) is 47.5. The number of halogens is 3. The van der Waals surface area contributed by atoms with E-state index >= 15 is 0 Å². The Morgan fingerprint density at radius 1 is 0.182 bits per heavy atom. The number of hydrogen-bond acceptors (Lipinski definition) is 9. The highest BCUT2D eigenvalue weighted by molar-refractivity contribution is 9.11. The van der Waals surface area contributed by atoms with Gasteiger partial charge in [0.25, 0.3) is 0 Å². The maximum Gasteiger partial charge on any atom is 0.163 e. The molecule has 3 saturated carbocycles. The van der Waals surface area contributed by atoms with E-state index in [9.17, 15) is 0 Å². The van der Waals surface area contributed by atoms with E-state index in [1.807, 2.05) is 18.2 Å². The van der Waals surface area contributed by atoms with Crippen molar-refractivity contribution in [1.82, 2.24) is 44.9 Å². The molecule has 0 spiro atoms. The minimum atomic E-state index is 0.277. The molecule has 0 N–H and O–H groups in total. The first-order valence-corrected chi connectivity index (χ1v) is 37.4. The van der Waals surface area contributed by atoms with Crippen LogP contribution in [0.2, 0.25) is 0 Å². The fourth-order valence-electron chi connectivity index (χ4n) is 15.0. The molecule has 9 nitrogen and oxygen atoms in total. The fraction of sp³-hybridized carbons (Fsp3) is 0.207. The summed E-state index contributed by atoms with van der Waals surface area (Å²) in [7, 11) is 0. The lowest BCUT2D eigenvalue weighted by Gasteiger charge is -2.29. The van der Waals surface area contributed by atoms with Crippen LogP contribution in [0.25, 0.3) is 135 Å². The molecule has 0 bridgehead atoms. The second kappa shape index (κ2) is 29.2. The Kier molecular flexibility index (Phi) is 19.0. The van der Waals surface area contributed by atoms with Gasteiger partial charge in [-0.3, -0.25) is 0 Å². The van der Waals surface area contributed by atoms with Crippen molar-refractivity contribution in [2.75, 3.05) is 0 Å². The molecule has 3 aromatic heterocycles. The zero-order chi connectivity index (χ0) is 66.6. The second-order valence-corrected chi connectivity index (χ2v) is 29.4. The van der Waals surface area contributed by atoms with Crippen LogP contribution in [0.1, 0.15) is 132 Å². The first kappa shape index (κ1) is 64.4.